The van der Waals surface area contributed by atoms with Crippen LogP contribution in [0.2, 0.25) is 0 Å². The van der Waals surface area contributed by atoms with Gasteiger partial charge < -0.3 is 4.57 Å². The molecular formula is C19H17F3N6. The lowest BCUT2D eigenvalue weighted by Crippen LogP contribution is -2.07. The van der Waals surface area contributed by atoms with E-state index in [0.29, 0.717) is 23.0 Å². The van der Waals surface area contributed by atoms with Crippen molar-refractivity contribution in [2.75, 3.05) is 0 Å². The molecule has 0 saturated heterocycles. The third-order valence-electron chi connectivity index (χ3n) is 4.76. The molecule has 0 aliphatic carbocycles. The lowest BCUT2D eigenvalue weighted by molar-refractivity contribution is -0.141. The second-order valence-corrected chi connectivity index (χ2v) is 6.77. The average molecular weight is 386 g/mol. The van der Waals surface area contributed by atoms with Gasteiger partial charge in [-0.1, -0.05) is 25.1 Å². The smallest absolute Gasteiger partial charge is 0.321 e. The van der Waals surface area contributed by atoms with Gasteiger partial charge in [-0.2, -0.15) is 18.3 Å². The Morgan fingerprint density at radius 1 is 1.21 bits per heavy atom. The van der Waals surface area contributed by atoms with E-state index in [2.05, 4.69) is 32.3 Å². The summed E-state index contributed by atoms with van der Waals surface area (Å²) in [6.07, 6.45) is -0.992. The number of aromatic nitrogens is 6. The molecule has 3 aromatic heterocycles. The molecule has 6 nitrogen and oxygen atoms in total. The van der Waals surface area contributed by atoms with Crippen LogP contribution in [0.3, 0.4) is 0 Å². The van der Waals surface area contributed by atoms with Crippen LogP contribution in [0.4, 0.5) is 13.2 Å². The van der Waals surface area contributed by atoms with Crippen LogP contribution in [-0.2, 0) is 19.6 Å². The Bertz CT molecular complexity index is 1130. The molecule has 4 aromatic rings. The summed E-state index contributed by atoms with van der Waals surface area (Å²) in [7, 11) is 1.89. The fraction of sp³-hybridized carbons (Fsp3) is 0.263. The van der Waals surface area contributed by atoms with Crippen molar-refractivity contribution in [2.45, 2.75) is 25.4 Å². The Balaban J connectivity index is 1.70. The Morgan fingerprint density at radius 3 is 2.75 bits per heavy atom. The van der Waals surface area contributed by atoms with Gasteiger partial charge in [-0.3, -0.25) is 5.10 Å². The second kappa shape index (κ2) is 6.74. The highest BCUT2D eigenvalue weighted by molar-refractivity contribution is 5.92. The number of hydrogen-bond acceptors (Lipinski definition) is 4. The molecule has 0 saturated carbocycles. The van der Waals surface area contributed by atoms with Crippen molar-refractivity contribution in [1.82, 2.24) is 29.9 Å². The third kappa shape index (κ3) is 3.35. The molecule has 1 atom stereocenters. The number of benzene rings is 1. The summed E-state index contributed by atoms with van der Waals surface area (Å²) in [5.74, 6) is 1.02. The second-order valence-electron chi connectivity index (χ2n) is 6.77. The number of H-pyrrole nitrogens is 1. The minimum Gasteiger partial charge on any atom is -0.321 e. The van der Waals surface area contributed by atoms with Gasteiger partial charge in [0.1, 0.15) is 23.5 Å². The summed E-state index contributed by atoms with van der Waals surface area (Å²) in [6, 6.07) is 8.68. The highest BCUT2D eigenvalue weighted by Crippen LogP contribution is 2.33. The zero-order valence-electron chi connectivity index (χ0n) is 15.2. The van der Waals surface area contributed by atoms with Crippen molar-refractivity contribution < 1.29 is 13.2 Å². The van der Waals surface area contributed by atoms with Gasteiger partial charge in [0.15, 0.2) is 0 Å². The van der Waals surface area contributed by atoms with Crippen molar-refractivity contribution in [2.24, 2.45) is 7.05 Å². The zero-order chi connectivity index (χ0) is 19.9. The normalized spacial score (nSPS) is 13.2. The first kappa shape index (κ1) is 18.1. The predicted molar refractivity (Wildman–Crippen MR) is 97.4 cm³/mol. The van der Waals surface area contributed by atoms with E-state index in [1.807, 2.05) is 35.9 Å². The van der Waals surface area contributed by atoms with Gasteiger partial charge in [-0.05, 0) is 23.6 Å². The van der Waals surface area contributed by atoms with Crippen LogP contribution in [0.5, 0.6) is 0 Å². The third-order valence-corrected chi connectivity index (χ3v) is 4.76. The van der Waals surface area contributed by atoms with Crippen LogP contribution < -0.4 is 0 Å². The quantitative estimate of drug-likeness (QED) is 0.573. The number of nitrogens with zero attached hydrogens (tertiary/aromatic N) is 5. The molecule has 0 aliphatic rings. The van der Waals surface area contributed by atoms with Gasteiger partial charge in [0.2, 0.25) is 0 Å². The van der Waals surface area contributed by atoms with Crippen LogP contribution in [0.15, 0.2) is 42.9 Å². The molecule has 0 radical (unpaired) electrons. The first-order valence-electron chi connectivity index (χ1n) is 8.67. The number of rotatable bonds is 4. The van der Waals surface area contributed by atoms with Crippen LogP contribution in [0.1, 0.15) is 29.9 Å². The maximum atomic E-state index is 13.0. The largest absolute Gasteiger partial charge is 0.433 e. The Morgan fingerprint density at radius 2 is 2.04 bits per heavy atom. The molecule has 144 valence electrons. The predicted octanol–water partition coefficient (Wildman–Crippen LogP) is 4.12. The van der Waals surface area contributed by atoms with Gasteiger partial charge in [-0.15, -0.1) is 10.2 Å². The highest BCUT2D eigenvalue weighted by Gasteiger charge is 2.33. The SMILES string of the molecule is C[C@H](Cc1nncn1C)c1cccc(-c2n[nH]c3cnc(C(F)(F)F)cc23)c1. The zero-order valence-corrected chi connectivity index (χ0v) is 15.2. The monoisotopic (exact) mass is 386 g/mol. The number of aromatic amines is 1. The molecule has 4 rings (SSSR count). The first-order valence-corrected chi connectivity index (χ1v) is 8.67. The van der Waals surface area contributed by atoms with Gasteiger partial charge in [0.25, 0.3) is 0 Å². The lowest BCUT2D eigenvalue weighted by atomic mass is 9.94. The van der Waals surface area contributed by atoms with Gasteiger partial charge in [0, 0.05) is 24.4 Å². The minimum absolute atomic E-state index is 0.153. The van der Waals surface area contributed by atoms with E-state index in [1.54, 1.807) is 6.33 Å². The van der Waals surface area contributed by atoms with Crippen LogP contribution in [0.25, 0.3) is 22.2 Å². The molecule has 28 heavy (non-hydrogen) atoms. The summed E-state index contributed by atoms with van der Waals surface area (Å²) in [5.41, 5.74) is 1.78. The number of hydrogen-bond donors (Lipinski definition) is 1. The van der Waals surface area contributed by atoms with E-state index < -0.39 is 11.9 Å². The van der Waals surface area contributed by atoms with E-state index in [-0.39, 0.29) is 5.92 Å². The summed E-state index contributed by atoms with van der Waals surface area (Å²) in [6.45, 7) is 2.07. The molecule has 0 unspecified atom stereocenters. The van der Waals surface area contributed by atoms with Gasteiger partial charge in [-0.25, -0.2) is 4.98 Å². The number of nitrogens with one attached hydrogen (secondary N) is 1. The van der Waals surface area contributed by atoms with Crippen molar-refractivity contribution in [3.63, 3.8) is 0 Å². The molecule has 9 heteroatoms. The van der Waals surface area contributed by atoms with Crippen LogP contribution >= 0.6 is 0 Å². The fourth-order valence-corrected chi connectivity index (χ4v) is 3.17. The molecule has 0 fully saturated rings. The fourth-order valence-electron chi connectivity index (χ4n) is 3.17. The van der Waals surface area contributed by atoms with Gasteiger partial charge in [0.05, 0.1) is 11.7 Å². The van der Waals surface area contributed by atoms with Crippen LogP contribution in [-0.4, -0.2) is 29.9 Å². The molecule has 1 N–H and O–H groups in total. The standard InChI is InChI=1S/C19H17F3N6/c1-11(6-17-26-24-10-28(17)2)12-4-3-5-13(7-12)18-14-8-16(19(20,21)22)23-9-15(14)25-27-18/h3-5,7-11H,6H2,1-2H3,(H,25,27)/t11-/m1/s1. The molecule has 0 spiro atoms. The van der Waals surface area contributed by atoms with Crippen molar-refractivity contribution in [3.8, 4) is 11.3 Å². The number of aryl methyl sites for hydroxylation is 1. The van der Waals surface area contributed by atoms with Crippen molar-refractivity contribution >= 4 is 10.9 Å². The molecular weight excluding hydrogens is 369 g/mol. The summed E-state index contributed by atoms with van der Waals surface area (Å²) < 4.78 is 41.0. The summed E-state index contributed by atoms with van der Waals surface area (Å²) >= 11 is 0. The van der Waals surface area contributed by atoms with Gasteiger partial charge >= 0.3 is 6.18 Å². The van der Waals surface area contributed by atoms with E-state index >= 15 is 0 Å². The number of halogens is 3. The average Bonchev–Trinajstić information content (AvgIpc) is 3.27. The maximum Gasteiger partial charge on any atom is 0.433 e. The first-order chi connectivity index (χ1) is 13.3. The van der Waals surface area contributed by atoms with Crippen LogP contribution in [0, 0.1) is 0 Å². The van der Waals surface area contributed by atoms with Crippen molar-refractivity contribution in [1.29, 1.82) is 0 Å². The Kier molecular flexibility index (Phi) is 4.37. The summed E-state index contributed by atoms with van der Waals surface area (Å²) in [4.78, 5) is 3.47. The van der Waals surface area contributed by atoms with E-state index in [9.17, 15) is 13.2 Å². The van der Waals surface area contributed by atoms with E-state index in [1.165, 1.54) is 0 Å². The number of alkyl halides is 3. The molecule has 3 heterocycles. The molecule has 0 amide bonds. The Labute approximate surface area is 158 Å². The topological polar surface area (TPSA) is 72.3 Å². The maximum absolute atomic E-state index is 13.0. The van der Waals surface area contributed by atoms with E-state index in [0.717, 1.165) is 29.2 Å². The Hall–Kier alpha value is -3.23. The summed E-state index contributed by atoms with van der Waals surface area (Å²) in [5, 5.41) is 15.4. The van der Waals surface area contributed by atoms with E-state index in [4.69, 9.17) is 0 Å². The molecule has 1 aromatic carbocycles. The number of fused-ring (bicyclic) bond motifs is 1. The molecule has 0 aliphatic heterocycles. The van der Waals surface area contributed by atoms with Crippen molar-refractivity contribution in [3.05, 3.63) is 59.9 Å². The highest BCUT2D eigenvalue weighted by atomic mass is 19.4. The minimum atomic E-state index is -4.50. The molecule has 0 bridgehead atoms. The lowest BCUT2D eigenvalue weighted by Gasteiger charge is -2.12. The number of pyridine rings is 1.